The predicted molar refractivity (Wildman–Crippen MR) is 64.3 cm³/mol. The molecule has 2 rings (SSSR count). The first kappa shape index (κ1) is 12.0. The summed E-state index contributed by atoms with van der Waals surface area (Å²) in [6.45, 7) is 0. The summed E-state index contributed by atoms with van der Waals surface area (Å²) >= 11 is 5.55. The number of allylic oxidation sites excluding steroid dienone is 2. The molecule has 1 aromatic carbocycles. The first-order chi connectivity index (χ1) is 7.98. The molecule has 0 saturated carbocycles. The van der Waals surface area contributed by atoms with Gasteiger partial charge in [-0.05, 0) is 23.3 Å². The molecule has 2 unspecified atom stereocenters. The van der Waals surface area contributed by atoms with Crippen molar-refractivity contribution in [1.29, 1.82) is 0 Å². The van der Waals surface area contributed by atoms with Gasteiger partial charge in [0.25, 0.3) is 0 Å². The lowest BCUT2D eigenvalue weighted by Gasteiger charge is -2.31. The third-order valence-electron chi connectivity index (χ3n) is 2.67. The van der Waals surface area contributed by atoms with Crippen LogP contribution in [0.5, 0.6) is 0 Å². The molecular weight excluding hydrogens is 243 g/mol. The quantitative estimate of drug-likeness (QED) is 0.649. The van der Waals surface area contributed by atoms with Crippen LogP contribution in [0.2, 0.25) is 0 Å². The fourth-order valence-corrected chi connectivity index (χ4v) is 1.84. The van der Waals surface area contributed by atoms with Gasteiger partial charge in [0.05, 0.1) is 0 Å². The second kappa shape index (κ2) is 4.09. The standard InChI is InChI=1S/C13H10ClFO2/c14-13(15)8-11(6-7-12(13,17)9-16)10-4-2-1-3-5-10/h1-9,17H. The maximum Gasteiger partial charge on any atom is 0.241 e. The van der Waals surface area contributed by atoms with Crippen molar-refractivity contribution in [3.8, 4) is 0 Å². The van der Waals surface area contributed by atoms with Crippen LogP contribution in [0, 0.1) is 0 Å². The zero-order valence-corrected chi connectivity index (χ0v) is 9.56. The van der Waals surface area contributed by atoms with Crippen molar-refractivity contribution in [3.05, 3.63) is 54.1 Å². The van der Waals surface area contributed by atoms with E-state index in [0.29, 0.717) is 5.57 Å². The molecule has 0 aliphatic heterocycles. The number of carbonyl (C=O) groups is 1. The molecule has 0 spiro atoms. The van der Waals surface area contributed by atoms with Gasteiger partial charge < -0.3 is 5.11 Å². The minimum Gasteiger partial charge on any atom is -0.374 e. The van der Waals surface area contributed by atoms with Gasteiger partial charge in [-0.3, -0.25) is 4.79 Å². The number of alkyl halides is 2. The molecule has 0 saturated heterocycles. The van der Waals surface area contributed by atoms with Crippen LogP contribution in [0.15, 0.2) is 48.6 Å². The topological polar surface area (TPSA) is 37.3 Å². The second-order valence-corrected chi connectivity index (χ2v) is 4.42. The highest BCUT2D eigenvalue weighted by atomic mass is 35.5. The molecule has 0 fully saturated rings. The Hall–Kier alpha value is -1.45. The van der Waals surface area contributed by atoms with Crippen LogP contribution in [0.25, 0.3) is 5.57 Å². The molecule has 1 N–H and O–H groups in total. The molecule has 88 valence electrons. The highest BCUT2D eigenvalue weighted by Crippen LogP contribution is 2.39. The summed E-state index contributed by atoms with van der Waals surface area (Å²) in [5, 5.41) is 7.04. The Bertz CT molecular complexity index is 493. The summed E-state index contributed by atoms with van der Waals surface area (Å²) < 4.78 is 14.0. The van der Waals surface area contributed by atoms with E-state index in [9.17, 15) is 14.3 Å². The lowest BCUT2D eigenvalue weighted by Crippen LogP contribution is -2.47. The predicted octanol–water partition coefficient (Wildman–Crippen LogP) is 2.47. The fourth-order valence-electron chi connectivity index (χ4n) is 1.61. The fraction of sp³-hybridized carbons (Fsp3) is 0.154. The van der Waals surface area contributed by atoms with Gasteiger partial charge in [0.2, 0.25) is 5.13 Å². The van der Waals surface area contributed by atoms with E-state index in [1.807, 2.05) is 6.07 Å². The van der Waals surface area contributed by atoms with E-state index in [2.05, 4.69) is 0 Å². The van der Waals surface area contributed by atoms with Crippen molar-refractivity contribution in [2.75, 3.05) is 0 Å². The Balaban J connectivity index is 2.43. The summed E-state index contributed by atoms with van der Waals surface area (Å²) in [4.78, 5) is 10.7. The lowest BCUT2D eigenvalue weighted by atomic mass is 9.88. The Morgan fingerprint density at radius 1 is 1.29 bits per heavy atom. The maximum atomic E-state index is 14.0. The van der Waals surface area contributed by atoms with Crippen molar-refractivity contribution in [2.24, 2.45) is 0 Å². The van der Waals surface area contributed by atoms with Crippen LogP contribution in [0.1, 0.15) is 5.56 Å². The number of halogens is 2. The van der Waals surface area contributed by atoms with Gasteiger partial charge in [-0.1, -0.05) is 48.0 Å². The van der Waals surface area contributed by atoms with E-state index in [1.165, 1.54) is 6.08 Å². The van der Waals surface area contributed by atoms with Crippen LogP contribution in [0.3, 0.4) is 0 Å². The van der Waals surface area contributed by atoms with Gasteiger partial charge in [-0.25, -0.2) is 4.39 Å². The van der Waals surface area contributed by atoms with E-state index >= 15 is 0 Å². The number of aliphatic hydroxyl groups is 1. The lowest BCUT2D eigenvalue weighted by molar-refractivity contribution is -0.125. The van der Waals surface area contributed by atoms with E-state index in [-0.39, 0.29) is 6.29 Å². The molecule has 0 amide bonds. The summed E-state index contributed by atoms with van der Waals surface area (Å²) in [6, 6.07) is 9.02. The van der Waals surface area contributed by atoms with E-state index < -0.39 is 10.7 Å². The summed E-state index contributed by atoms with van der Waals surface area (Å²) in [6.07, 6.45) is 3.67. The Morgan fingerprint density at radius 3 is 2.47 bits per heavy atom. The molecule has 0 bridgehead atoms. The van der Waals surface area contributed by atoms with E-state index in [1.54, 1.807) is 24.3 Å². The number of rotatable bonds is 2. The monoisotopic (exact) mass is 252 g/mol. The molecule has 2 nitrogen and oxygen atoms in total. The van der Waals surface area contributed by atoms with Gasteiger partial charge in [0.15, 0.2) is 11.9 Å². The maximum absolute atomic E-state index is 14.0. The van der Waals surface area contributed by atoms with Gasteiger partial charge >= 0.3 is 0 Å². The molecular formula is C13H10ClFO2. The third kappa shape index (κ3) is 2.04. The van der Waals surface area contributed by atoms with Crippen LogP contribution in [-0.4, -0.2) is 22.1 Å². The molecule has 0 heterocycles. The average Bonchev–Trinajstić information content (AvgIpc) is 2.33. The summed E-state index contributed by atoms with van der Waals surface area (Å²) in [5.74, 6) is 0. The first-order valence-corrected chi connectivity index (χ1v) is 5.40. The molecule has 2 atom stereocenters. The van der Waals surface area contributed by atoms with Crippen molar-refractivity contribution in [2.45, 2.75) is 10.7 Å². The molecule has 17 heavy (non-hydrogen) atoms. The van der Waals surface area contributed by atoms with Crippen LogP contribution in [0.4, 0.5) is 4.39 Å². The molecule has 1 aromatic rings. The molecule has 4 heteroatoms. The van der Waals surface area contributed by atoms with E-state index in [4.69, 9.17) is 11.6 Å². The van der Waals surface area contributed by atoms with Gasteiger partial charge in [0, 0.05) is 0 Å². The largest absolute Gasteiger partial charge is 0.374 e. The number of hydrogen-bond donors (Lipinski definition) is 1. The normalized spacial score (nSPS) is 32.1. The van der Waals surface area contributed by atoms with Gasteiger partial charge in [-0.2, -0.15) is 0 Å². The smallest absolute Gasteiger partial charge is 0.241 e. The van der Waals surface area contributed by atoms with Gasteiger partial charge in [0.1, 0.15) is 0 Å². The number of carbonyl (C=O) groups excluding carboxylic acids is 1. The number of benzene rings is 1. The zero-order valence-electron chi connectivity index (χ0n) is 8.81. The highest BCUT2D eigenvalue weighted by Gasteiger charge is 2.49. The summed E-state index contributed by atoms with van der Waals surface area (Å²) in [7, 11) is 0. The Morgan fingerprint density at radius 2 is 1.94 bits per heavy atom. The van der Waals surface area contributed by atoms with Crippen LogP contribution in [-0.2, 0) is 4.79 Å². The minimum absolute atomic E-state index is 0.0920. The molecule has 0 radical (unpaired) electrons. The number of hydrogen-bond acceptors (Lipinski definition) is 2. The molecule has 0 aromatic heterocycles. The van der Waals surface area contributed by atoms with Crippen molar-refractivity contribution in [1.82, 2.24) is 0 Å². The summed E-state index contributed by atoms with van der Waals surface area (Å²) in [5.41, 5.74) is -1.03. The van der Waals surface area contributed by atoms with Crippen molar-refractivity contribution < 1.29 is 14.3 Å². The van der Waals surface area contributed by atoms with Crippen LogP contribution >= 0.6 is 11.6 Å². The highest BCUT2D eigenvalue weighted by molar-refractivity contribution is 6.27. The molecule has 1 aliphatic carbocycles. The zero-order chi connectivity index (χ0) is 12.5. The SMILES string of the molecule is O=CC1(O)C=CC(c2ccccc2)=CC1(F)Cl. The average molecular weight is 253 g/mol. The Labute approximate surface area is 103 Å². The third-order valence-corrected chi connectivity index (χ3v) is 3.09. The van der Waals surface area contributed by atoms with Gasteiger partial charge in [-0.15, -0.1) is 0 Å². The van der Waals surface area contributed by atoms with E-state index in [0.717, 1.165) is 17.7 Å². The number of aldehydes is 1. The Kier molecular flexibility index (Phi) is 2.89. The second-order valence-electron chi connectivity index (χ2n) is 3.87. The van der Waals surface area contributed by atoms with Crippen LogP contribution < -0.4 is 0 Å². The minimum atomic E-state index is -2.63. The van der Waals surface area contributed by atoms with Crippen molar-refractivity contribution in [3.63, 3.8) is 0 Å². The molecule has 1 aliphatic rings. The first-order valence-electron chi connectivity index (χ1n) is 5.02. The van der Waals surface area contributed by atoms with Crippen molar-refractivity contribution >= 4 is 23.5 Å².